The highest BCUT2D eigenvalue weighted by Gasteiger charge is 2.41. The molecule has 2 aromatic carbocycles. The Bertz CT molecular complexity index is 879. The van der Waals surface area contributed by atoms with Crippen LogP contribution in [-0.2, 0) is 22.4 Å². The zero-order valence-corrected chi connectivity index (χ0v) is 19.8. The van der Waals surface area contributed by atoms with Crippen molar-refractivity contribution < 1.29 is 9.59 Å². The summed E-state index contributed by atoms with van der Waals surface area (Å²) in [5, 5.41) is 6.45. The predicted molar refractivity (Wildman–Crippen MR) is 130 cm³/mol. The summed E-state index contributed by atoms with van der Waals surface area (Å²) >= 11 is 0. The third-order valence-corrected chi connectivity index (χ3v) is 6.49. The van der Waals surface area contributed by atoms with Gasteiger partial charge in [0.2, 0.25) is 11.8 Å². The zero-order valence-electron chi connectivity index (χ0n) is 19.8. The Kier molecular flexibility index (Phi) is 8.11. The van der Waals surface area contributed by atoms with Crippen LogP contribution < -0.4 is 10.6 Å². The lowest BCUT2D eigenvalue weighted by molar-refractivity contribution is -0.124. The molecular weight excluding hydrogens is 396 g/mol. The molecule has 0 radical (unpaired) electrons. The van der Waals surface area contributed by atoms with Crippen LogP contribution in [0, 0.1) is 10.8 Å². The molecule has 172 valence electrons. The van der Waals surface area contributed by atoms with Crippen molar-refractivity contribution in [3.8, 4) is 0 Å². The van der Waals surface area contributed by atoms with Gasteiger partial charge in [-0.1, -0.05) is 81.4 Å². The molecule has 2 amide bonds. The smallest absolute Gasteiger partial charge is 0.220 e. The minimum Gasteiger partial charge on any atom is -0.356 e. The molecule has 2 atom stereocenters. The number of carbonyl (C=O) groups is 2. The lowest BCUT2D eigenvalue weighted by atomic mass is 9.62. The third kappa shape index (κ3) is 7.81. The van der Waals surface area contributed by atoms with Crippen LogP contribution in [-0.4, -0.2) is 24.4 Å². The highest BCUT2D eigenvalue weighted by molar-refractivity contribution is 5.77. The molecule has 4 heteroatoms. The molecule has 0 unspecified atom stereocenters. The number of amides is 2. The number of aryl methyl sites for hydroxylation is 2. The Labute approximate surface area is 193 Å². The molecule has 0 spiro atoms. The molecule has 4 nitrogen and oxygen atoms in total. The minimum atomic E-state index is -0.0263. The Morgan fingerprint density at radius 3 is 1.91 bits per heavy atom. The zero-order chi connectivity index (χ0) is 23.0. The van der Waals surface area contributed by atoms with Crippen LogP contribution in [0.3, 0.4) is 0 Å². The first kappa shape index (κ1) is 24.0. The highest BCUT2D eigenvalue weighted by atomic mass is 16.2. The van der Waals surface area contributed by atoms with Gasteiger partial charge in [0.25, 0.3) is 0 Å². The van der Waals surface area contributed by atoms with Gasteiger partial charge in [0.15, 0.2) is 0 Å². The van der Waals surface area contributed by atoms with Crippen LogP contribution in [0.15, 0.2) is 60.7 Å². The van der Waals surface area contributed by atoms with Crippen molar-refractivity contribution in [1.29, 1.82) is 0 Å². The van der Waals surface area contributed by atoms with Crippen molar-refractivity contribution in [3.05, 3.63) is 71.8 Å². The van der Waals surface area contributed by atoms with Crippen molar-refractivity contribution in [1.82, 2.24) is 10.6 Å². The molecule has 2 N–H and O–H groups in total. The van der Waals surface area contributed by atoms with Crippen LogP contribution in [0.25, 0.3) is 0 Å². The van der Waals surface area contributed by atoms with Crippen molar-refractivity contribution in [2.24, 2.45) is 10.8 Å². The fourth-order valence-electron chi connectivity index (χ4n) is 5.38. The van der Waals surface area contributed by atoms with Gasteiger partial charge in [0.1, 0.15) is 0 Å². The normalized spacial score (nSPS) is 22.2. The Hall–Kier alpha value is -2.62. The summed E-state index contributed by atoms with van der Waals surface area (Å²) in [7, 11) is 0. The van der Waals surface area contributed by atoms with E-state index in [1.165, 1.54) is 11.1 Å². The number of hydrogen-bond donors (Lipinski definition) is 2. The average molecular weight is 435 g/mol. The summed E-state index contributed by atoms with van der Waals surface area (Å²) in [5.41, 5.74) is 2.47. The molecular formula is C28H38N2O2. The summed E-state index contributed by atoms with van der Waals surface area (Å²) < 4.78 is 0. The largest absolute Gasteiger partial charge is 0.356 e. The van der Waals surface area contributed by atoms with Crippen LogP contribution in [0.5, 0.6) is 0 Å². The van der Waals surface area contributed by atoms with E-state index in [-0.39, 0.29) is 28.7 Å². The van der Waals surface area contributed by atoms with E-state index in [1.807, 2.05) is 36.4 Å². The number of rotatable bonds is 9. The van der Waals surface area contributed by atoms with E-state index < -0.39 is 0 Å². The highest BCUT2D eigenvalue weighted by Crippen LogP contribution is 2.45. The minimum absolute atomic E-state index is 0.0263. The molecule has 0 aliphatic heterocycles. The van der Waals surface area contributed by atoms with Gasteiger partial charge in [-0.25, -0.2) is 0 Å². The summed E-state index contributed by atoms with van der Waals surface area (Å²) in [5.74, 6) is 0.215. The topological polar surface area (TPSA) is 58.2 Å². The van der Waals surface area contributed by atoms with Crippen molar-refractivity contribution >= 4 is 11.8 Å². The van der Waals surface area contributed by atoms with Crippen LogP contribution in [0.4, 0.5) is 0 Å². The standard InChI is InChI=1S/C28H38N2O2/c1-27(2)18-24(30-26(32)17-15-23-12-8-5-9-13-23)19-28(3,20-27)21-29-25(31)16-14-22-10-6-4-7-11-22/h4-13,24H,14-21H2,1-3H3,(H,29,31)(H,30,32)/t24-,28+/m1/s1. The average Bonchev–Trinajstić information content (AvgIpc) is 2.75. The number of nitrogens with one attached hydrogen (secondary N) is 2. The molecule has 0 bridgehead atoms. The van der Waals surface area contributed by atoms with Crippen molar-refractivity contribution in [3.63, 3.8) is 0 Å². The van der Waals surface area contributed by atoms with Crippen LogP contribution in [0.2, 0.25) is 0 Å². The monoisotopic (exact) mass is 434 g/mol. The summed E-state index contributed by atoms with van der Waals surface area (Å²) in [4.78, 5) is 25.1. The molecule has 32 heavy (non-hydrogen) atoms. The molecule has 1 aliphatic rings. The second kappa shape index (κ2) is 10.8. The fourth-order valence-corrected chi connectivity index (χ4v) is 5.38. The van der Waals surface area contributed by atoms with E-state index in [2.05, 4.69) is 55.7 Å². The van der Waals surface area contributed by atoms with Gasteiger partial charge in [-0.3, -0.25) is 9.59 Å². The van der Waals surface area contributed by atoms with Gasteiger partial charge in [0.05, 0.1) is 0 Å². The van der Waals surface area contributed by atoms with E-state index in [4.69, 9.17) is 0 Å². The summed E-state index contributed by atoms with van der Waals surface area (Å²) in [6.45, 7) is 7.43. The lowest BCUT2D eigenvalue weighted by Gasteiger charge is -2.47. The maximum Gasteiger partial charge on any atom is 0.220 e. The molecule has 0 saturated heterocycles. The van der Waals surface area contributed by atoms with E-state index in [0.717, 1.165) is 32.1 Å². The Balaban J connectivity index is 1.48. The molecule has 2 aromatic rings. The number of hydrogen-bond acceptors (Lipinski definition) is 2. The fraction of sp³-hybridized carbons (Fsp3) is 0.500. The molecule has 1 aliphatic carbocycles. The van der Waals surface area contributed by atoms with Gasteiger partial charge in [0, 0.05) is 25.4 Å². The van der Waals surface area contributed by atoms with Gasteiger partial charge >= 0.3 is 0 Å². The van der Waals surface area contributed by atoms with Crippen LogP contribution in [0.1, 0.15) is 64.0 Å². The predicted octanol–water partition coefficient (Wildman–Crippen LogP) is 5.07. The van der Waals surface area contributed by atoms with E-state index in [9.17, 15) is 9.59 Å². The van der Waals surface area contributed by atoms with Gasteiger partial charge in [-0.2, -0.15) is 0 Å². The molecule has 0 aromatic heterocycles. The maximum atomic E-state index is 12.6. The third-order valence-electron chi connectivity index (χ3n) is 6.49. The summed E-state index contributed by atoms with van der Waals surface area (Å²) in [6.07, 6.45) is 5.44. The van der Waals surface area contributed by atoms with E-state index in [0.29, 0.717) is 19.4 Å². The number of carbonyl (C=O) groups excluding carboxylic acids is 2. The van der Waals surface area contributed by atoms with Crippen molar-refractivity contribution in [2.75, 3.05) is 6.54 Å². The molecule has 0 heterocycles. The molecule has 3 rings (SSSR count). The number of benzene rings is 2. The van der Waals surface area contributed by atoms with Crippen molar-refractivity contribution in [2.45, 2.75) is 71.8 Å². The Morgan fingerprint density at radius 1 is 0.812 bits per heavy atom. The van der Waals surface area contributed by atoms with Gasteiger partial charge < -0.3 is 10.6 Å². The lowest BCUT2D eigenvalue weighted by Crippen LogP contribution is -2.50. The second-order valence-electron chi connectivity index (χ2n) is 10.6. The first-order valence-electron chi connectivity index (χ1n) is 11.9. The van der Waals surface area contributed by atoms with E-state index >= 15 is 0 Å². The first-order chi connectivity index (χ1) is 15.2. The second-order valence-corrected chi connectivity index (χ2v) is 10.6. The molecule has 1 saturated carbocycles. The van der Waals surface area contributed by atoms with Crippen LogP contribution >= 0.6 is 0 Å². The quantitative estimate of drug-likeness (QED) is 0.579. The van der Waals surface area contributed by atoms with E-state index in [1.54, 1.807) is 0 Å². The van der Waals surface area contributed by atoms with Gasteiger partial charge in [-0.15, -0.1) is 0 Å². The Morgan fingerprint density at radius 2 is 1.34 bits per heavy atom. The maximum absolute atomic E-state index is 12.6. The summed E-state index contributed by atoms with van der Waals surface area (Å²) in [6, 6.07) is 20.4. The SMILES string of the molecule is CC1(C)C[C@@H](NC(=O)CCc2ccccc2)C[C@](C)(CNC(=O)CCc2ccccc2)C1. The van der Waals surface area contributed by atoms with Gasteiger partial charge in [-0.05, 0) is 54.1 Å². The molecule has 1 fully saturated rings. The first-order valence-corrected chi connectivity index (χ1v) is 11.9.